The number of rotatable bonds is 4. The first-order valence-corrected chi connectivity index (χ1v) is 9.81. The molecule has 0 fully saturated rings. The van der Waals surface area contributed by atoms with Gasteiger partial charge in [0, 0.05) is 29.2 Å². The van der Waals surface area contributed by atoms with Crippen molar-refractivity contribution < 1.29 is 28.9 Å². The SMILES string of the molecule is C=C(C)C1Cc2c(ccc(C3=NOC4COc5cc(OC)c(OC)cc5C34)c2O)O1. The first-order valence-electron chi connectivity index (χ1n) is 9.81. The predicted octanol–water partition coefficient (Wildman–Crippen LogP) is 3.57. The molecular weight excluding hydrogens is 386 g/mol. The third-order valence-electron chi connectivity index (χ3n) is 5.93. The van der Waals surface area contributed by atoms with Crippen molar-refractivity contribution in [3.8, 4) is 28.7 Å². The molecule has 0 aromatic heterocycles. The molecular formula is C23H23NO6. The van der Waals surface area contributed by atoms with Crippen molar-refractivity contribution in [1.82, 2.24) is 0 Å². The van der Waals surface area contributed by atoms with Gasteiger partial charge in [0.05, 0.1) is 20.1 Å². The molecule has 5 rings (SSSR count). The lowest BCUT2D eigenvalue weighted by molar-refractivity contribution is 0.0285. The van der Waals surface area contributed by atoms with Crippen molar-refractivity contribution in [2.45, 2.75) is 31.5 Å². The molecule has 7 heteroatoms. The molecule has 1 N–H and O–H groups in total. The number of phenols is 1. The number of oxime groups is 1. The summed E-state index contributed by atoms with van der Waals surface area (Å²) < 4.78 is 22.7. The van der Waals surface area contributed by atoms with Crippen molar-refractivity contribution in [3.05, 3.63) is 53.1 Å². The summed E-state index contributed by atoms with van der Waals surface area (Å²) in [5.41, 5.74) is 3.88. The Morgan fingerprint density at radius 2 is 1.93 bits per heavy atom. The minimum atomic E-state index is -0.280. The zero-order chi connectivity index (χ0) is 21.0. The fourth-order valence-electron chi connectivity index (χ4n) is 4.31. The van der Waals surface area contributed by atoms with Crippen molar-refractivity contribution >= 4 is 5.71 Å². The van der Waals surface area contributed by atoms with E-state index < -0.39 is 0 Å². The molecule has 7 nitrogen and oxygen atoms in total. The summed E-state index contributed by atoms with van der Waals surface area (Å²) >= 11 is 0. The minimum Gasteiger partial charge on any atom is -0.507 e. The number of ether oxygens (including phenoxy) is 4. The molecule has 3 heterocycles. The van der Waals surface area contributed by atoms with Crippen LogP contribution < -0.4 is 18.9 Å². The molecule has 3 aliphatic heterocycles. The number of hydrogen-bond acceptors (Lipinski definition) is 7. The highest BCUT2D eigenvalue weighted by Crippen LogP contribution is 2.48. The number of aromatic hydroxyl groups is 1. The van der Waals surface area contributed by atoms with E-state index >= 15 is 0 Å². The normalized spacial score (nSPS) is 23.2. The molecule has 0 bridgehead atoms. The van der Waals surface area contributed by atoms with Gasteiger partial charge in [0.15, 0.2) is 17.6 Å². The average molecular weight is 409 g/mol. The van der Waals surface area contributed by atoms with Crippen molar-refractivity contribution in [2.24, 2.45) is 5.16 Å². The van der Waals surface area contributed by atoms with E-state index in [2.05, 4.69) is 11.7 Å². The van der Waals surface area contributed by atoms with Crippen molar-refractivity contribution in [3.63, 3.8) is 0 Å². The Morgan fingerprint density at radius 3 is 2.67 bits per heavy atom. The molecule has 0 saturated carbocycles. The topological polar surface area (TPSA) is 78.7 Å². The van der Waals surface area contributed by atoms with E-state index in [9.17, 15) is 5.11 Å². The van der Waals surface area contributed by atoms with Gasteiger partial charge >= 0.3 is 0 Å². The van der Waals surface area contributed by atoms with Gasteiger partial charge in [-0.05, 0) is 30.7 Å². The Balaban J connectivity index is 1.57. The Bertz CT molecular complexity index is 1080. The molecule has 3 atom stereocenters. The first kappa shape index (κ1) is 18.7. The maximum Gasteiger partial charge on any atom is 0.173 e. The summed E-state index contributed by atoms with van der Waals surface area (Å²) in [6.45, 7) is 6.25. The van der Waals surface area contributed by atoms with Gasteiger partial charge in [-0.25, -0.2) is 0 Å². The van der Waals surface area contributed by atoms with Crippen LogP contribution in [0.2, 0.25) is 0 Å². The van der Waals surface area contributed by atoms with Crippen LogP contribution in [0.25, 0.3) is 0 Å². The van der Waals surface area contributed by atoms with Crippen molar-refractivity contribution in [1.29, 1.82) is 0 Å². The number of nitrogens with zero attached hydrogens (tertiary/aromatic N) is 1. The lowest BCUT2D eigenvalue weighted by Crippen LogP contribution is -2.32. The summed E-state index contributed by atoms with van der Waals surface area (Å²) in [5.74, 6) is 2.54. The van der Waals surface area contributed by atoms with E-state index in [0.29, 0.717) is 47.3 Å². The van der Waals surface area contributed by atoms with Gasteiger partial charge in [0.25, 0.3) is 0 Å². The molecule has 0 saturated heterocycles. The lowest BCUT2D eigenvalue weighted by Gasteiger charge is -2.28. The van der Waals surface area contributed by atoms with Crippen LogP contribution in [-0.2, 0) is 11.3 Å². The third-order valence-corrected chi connectivity index (χ3v) is 5.93. The monoisotopic (exact) mass is 409 g/mol. The van der Waals surface area contributed by atoms with Crippen molar-refractivity contribution in [2.75, 3.05) is 20.8 Å². The van der Waals surface area contributed by atoms with E-state index in [1.807, 2.05) is 31.2 Å². The number of benzene rings is 2. The number of fused-ring (bicyclic) bond motifs is 4. The van der Waals surface area contributed by atoms with E-state index in [4.69, 9.17) is 23.8 Å². The second-order valence-corrected chi connectivity index (χ2v) is 7.75. The van der Waals surface area contributed by atoms with Gasteiger partial charge in [0.1, 0.15) is 35.7 Å². The minimum absolute atomic E-state index is 0.129. The van der Waals surface area contributed by atoms with Gasteiger partial charge in [-0.1, -0.05) is 11.7 Å². The summed E-state index contributed by atoms with van der Waals surface area (Å²) in [5, 5.41) is 15.4. The van der Waals surface area contributed by atoms with E-state index in [1.165, 1.54) is 0 Å². The zero-order valence-corrected chi connectivity index (χ0v) is 17.1. The van der Waals surface area contributed by atoms with Crippen LogP contribution in [0, 0.1) is 0 Å². The van der Waals surface area contributed by atoms with E-state index in [-0.39, 0.29) is 23.9 Å². The largest absolute Gasteiger partial charge is 0.507 e. The lowest BCUT2D eigenvalue weighted by atomic mass is 9.83. The van der Waals surface area contributed by atoms with E-state index in [0.717, 1.165) is 16.7 Å². The highest BCUT2D eigenvalue weighted by atomic mass is 16.7. The second-order valence-electron chi connectivity index (χ2n) is 7.75. The summed E-state index contributed by atoms with van der Waals surface area (Å²) in [7, 11) is 3.18. The average Bonchev–Trinajstić information content (AvgIpc) is 3.38. The molecule has 2 aromatic carbocycles. The van der Waals surface area contributed by atoms with Crippen LogP contribution in [0.5, 0.6) is 28.7 Å². The standard InChI is InChI=1S/C23H23NO6/c1-11(2)16-8-14-15(29-16)6-5-12(23(14)25)22-21-13-7-18(26-3)19(27-4)9-17(13)28-10-20(21)30-24-22/h5-7,9,16,20-21,25H,1,8,10H2,2-4H3. The number of phenolic OH excluding ortho intramolecular Hbond substituents is 1. The molecule has 3 unspecified atom stereocenters. The van der Waals surface area contributed by atoms with Gasteiger partial charge < -0.3 is 28.9 Å². The first-order chi connectivity index (χ1) is 14.5. The maximum absolute atomic E-state index is 11.1. The number of hydrogen-bond donors (Lipinski definition) is 1. The van der Waals surface area contributed by atoms with Gasteiger partial charge in [-0.15, -0.1) is 0 Å². The molecule has 0 spiro atoms. The molecule has 0 radical (unpaired) electrons. The highest BCUT2D eigenvalue weighted by Gasteiger charge is 2.43. The predicted molar refractivity (Wildman–Crippen MR) is 110 cm³/mol. The second kappa shape index (κ2) is 6.86. The molecule has 156 valence electrons. The quantitative estimate of drug-likeness (QED) is 0.778. The highest BCUT2D eigenvalue weighted by molar-refractivity contribution is 6.09. The van der Waals surface area contributed by atoms with E-state index in [1.54, 1.807) is 14.2 Å². The van der Waals surface area contributed by atoms with Crippen LogP contribution in [0.3, 0.4) is 0 Å². The van der Waals surface area contributed by atoms with Gasteiger partial charge in [0.2, 0.25) is 0 Å². The Hall–Kier alpha value is -3.35. The molecule has 0 aliphatic carbocycles. The summed E-state index contributed by atoms with van der Waals surface area (Å²) in [6.07, 6.45) is 0.172. The van der Waals surface area contributed by atoms with Gasteiger partial charge in [-0.2, -0.15) is 0 Å². The van der Waals surface area contributed by atoms with Crippen LogP contribution in [-0.4, -0.2) is 43.9 Å². The third kappa shape index (κ3) is 2.69. The fraction of sp³-hybridized carbons (Fsp3) is 0.348. The van der Waals surface area contributed by atoms with Crippen LogP contribution in [0.4, 0.5) is 0 Å². The van der Waals surface area contributed by atoms with Crippen LogP contribution >= 0.6 is 0 Å². The molecule has 30 heavy (non-hydrogen) atoms. The Kier molecular flexibility index (Phi) is 4.27. The Morgan fingerprint density at radius 1 is 1.17 bits per heavy atom. The summed E-state index contributed by atoms with van der Waals surface area (Å²) in [4.78, 5) is 5.68. The fourth-order valence-corrected chi connectivity index (χ4v) is 4.31. The number of methoxy groups -OCH3 is 2. The van der Waals surface area contributed by atoms with Crippen LogP contribution in [0.1, 0.15) is 29.5 Å². The smallest absolute Gasteiger partial charge is 0.173 e. The molecule has 2 aromatic rings. The molecule has 0 amide bonds. The Labute approximate surface area is 174 Å². The summed E-state index contributed by atoms with van der Waals surface area (Å²) in [6, 6.07) is 7.40. The van der Waals surface area contributed by atoms with Gasteiger partial charge in [-0.3, -0.25) is 0 Å². The zero-order valence-electron chi connectivity index (χ0n) is 17.1. The molecule has 3 aliphatic rings. The maximum atomic E-state index is 11.1. The van der Waals surface area contributed by atoms with Crippen LogP contribution in [0.15, 0.2) is 41.6 Å².